The van der Waals surface area contributed by atoms with Gasteiger partial charge in [-0.1, -0.05) is 23.7 Å². The zero-order valence-electron chi connectivity index (χ0n) is 9.56. The Morgan fingerprint density at radius 1 is 1.22 bits per heavy atom. The molecular weight excluding hydrogens is 248 g/mol. The van der Waals surface area contributed by atoms with E-state index in [-0.39, 0.29) is 6.42 Å². The van der Waals surface area contributed by atoms with E-state index in [0.29, 0.717) is 22.2 Å². The molecule has 2 N–H and O–H groups in total. The van der Waals surface area contributed by atoms with Gasteiger partial charge in [-0.15, -0.1) is 0 Å². The van der Waals surface area contributed by atoms with Crippen LogP contribution in [0.4, 0.5) is 5.69 Å². The smallest absolute Gasteiger partial charge is 0.146 e. The van der Waals surface area contributed by atoms with Gasteiger partial charge in [-0.3, -0.25) is 0 Å². The second-order valence-electron chi connectivity index (χ2n) is 3.73. The predicted octanol–water partition coefficient (Wildman–Crippen LogP) is 3.78. The maximum absolute atomic E-state index is 8.70. The lowest BCUT2D eigenvalue weighted by atomic mass is 10.1. The molecule has 0 aliphatic heterocycles. The molecule has 0 amide bonds. The number of hydrogen-bond acceptors (Lipinski definition) is 3. The van der Waals surface area contributed by atoms with Crippen LogP contribution in [0.1, 0.15) is 5.56 Å². The van der Waals surface area contributed by atoms with Crippen LogP contribution in [0, 0.1) is 11.3 Å². The van der Waals surface area contributed by atoms with E-state index in [4.69, 9.17) is 27.3 Å². The van der Waals surface area contributed by atoms with Crippen LogP contribution in [0.3, 0.4) is 0 Å². The molecule has 0 unspecified atom stereocenters. The lowest BCUT2D eigenvalue weighted by Crippen LogP contribution is -1.94. The molecule has 2 rings (SSSR count). The topological polar surface area (TPSA) is 59.0 Å². The Morgan fingerprint density at radius 2 is 2.00 bits per heavy atom. The summed E-state index contributed by atoms with van der Waals surface area (Å²) in [4.78, 5) is 0. The number of nitrogens with two attached hydrogens (primary N) is 1. The summed E-state index contributed by atoms with van der Waals surface area (Å²) in [7, 11) is 0. The van der Waals surface area contributed by atoms with Crippen molar-refractivity contribution in [1.82, 2.24) is 0 Å². The summed E-state index contributed by atoms with van der Waals surface area (Å²) in [6.45, 7) is 0. The third-order valence-corrected chi connectivity index (χ3v) is 2.76. The van der Waals surface area contributed by atoms with Crippen molar-refractivity contribution in [2.24, 2.45) is 0 Å². The van der Waals surface area contributed by atoms with Crippen LogP contribution in [0.5, 0.6) is 11.5 Å². The molecule has 2 aromatic carbocycles. The number of halogens is 1. The first kappa shape index (κ1) is 12.3. The van der Waals surface area contributed by atoms with Crippen LogP contribution in [-0.4, -0.2) is 0 Å². The number of nitrogen functional groups attached to an aromatic ring is 1. The van der Waals surface area contributed by atoms with Crippen LogP contribution in [0.25, 0.3) is 0 Å². The van der Waals surface area contributed by atoms with Gasteiger partial charge < -0.3 is 10.5 Å². The minimum absolute atomic E-state index is 0.256. The fourth-order valence-electron chi connectivity index (χ4n) is 1.54. The standard InChI is InChI=1S/C14H11ClN2O/c15-12-3-1-2-4-14(12)18-11-5-6-13(17)10(9-11)7-8-16/h1-6,9H,7,17H2. The highest BCUT2D eigenvalue weighted by Gasteiger charge is 2.05. The Bertz CT molecular complexity index is 605. The molecule has 0 bridgehead atoms. The number of rotatable bonds is 3. The molecular formula is C14H11ClN2O. The lowest BCUT2D eigenvalue weighted by Gasteiger charge is -2.09. The average molecular weight is 259 g/mol. The second-order valence-corrected chi connectivity index (χ2v) is 4.14. The van der Waals surface area contributed by atoms with Crippen molar-refractivity contribution in [3.8, 4) is 17.6 Å². The van der Waals surface area contributed by atoms with Crippen LogP contribution in [-0.2, 0) is 6.42 Å². The van der Waals surface area contributed by atoms with E-state index in [1.165, 1.54) is 0 Å². The van der Waals surface area contributed by atoms with Crippen molar-refractivity contribution in [3.05, 3.63) is 53.1 Å². The van der Waals surface area contributed by atoms with Crippen molar-refractivity contribution < 1.29 is 4.74 Å². The van der Waals surface area contributed by atoms with Gasteiger partial charge in [0, 0.05) is 5.69 Å². The quantitative estimate of drug-likeness (QED) is 0.853. The van der Waals surface area contributed by atoms with Gasteiger partial charge in [0.15, 0.2) is 0 Å². The molecule has 0 saturated carbocycles. The normalized spacial score (nSPS) is 9.78. The fraction of sp³-hybridized carbons (Fsp3) is 0.0714. The minimum atomic E-state index is 0.256. The van der Waals surface area contributed by atoms with Crippen molar-refractivity contribution >= 4 is 17.3 Å². The fourth-order valence-corrected chi connectivity index (χ4v) is 1.71. The van der Waals surface area contributed by atoms with Gasteiger partial charge in [-0.25, -0.2) is 0 Å². The minimum Gasteiger partial charge on any atom is -0.456 e. The van der Waals surface area contributed by atoms with Crippen molar-refractivity contribution in [3.63, 3.8) is 0 Å². The first-order chi connectivity index (χ1) is 8.70. The van der Waals surface area contributed by atoms with Crippen LogP contribution < -0.4 is 10.5 Å². The zero-order valence-corrected chi connectivity index (χ0v) is 10.3. The summed E-state index contributed by atoms with van der Waals surface area (Å²) in [5, 5.41) is 9.24. The van der Waals surface area contributed by atoms with Gasteiger partial charge in [0.2, 0.25) is 0 Å². The molecule has 0 aliphatic rings. The number of ether oxygens (including phenoxy) is 1. The molecule has 0 heterocycles. The number of anilines is 1. The van der Waals surface area contributed by atoms with E-state index in [2.05, 4.69) is 6.07 Å². The monoisotopic (exact) mass is 258 g/mol. The molecule has 90 valence electrons. The highest BCUT2D eigenvalue weighted by molar-refractivity contribution is 6.32. The Kier molecular flexibility index (Phi) is 3.71. The second kappa shape index (κ2) is 5.44. The maximum atomic E-state index is 8.70. The molecule has 4 heteroatoms. The van der Waals surface area contributed by atoms with E-state index >= 15 is 0 Å². The third kappa shape index (κ3) is 2.73. The van der Waals surface area contributed by atoms with Crippen LogP contribution in [0.15, 0.2) is 42.5 Å². The molecule has 0 saturated heterocycles. The number of hydrogen-bond donors (Lipinski definition) is 1. The van der Waals surface area contributed by atoms with E-state index in [1.807, 2.05) is 12.1 Å². The Hall–Kier alpha value is -2.18. The summed E-state index contributed by atoms with van der Waals surface area (Å²) in [5.41, 5.74) is 7.10. The zero-order chi connectivity index (χ0) is 13.0. The highest BCUT2D eigenvalue weighted by atomic mass is 35.5. The summed E-state index contributed by atoms with van der Waals surface area (Å²) in [6, 6.07) is 14.5. The van der Waals surface area contributed by atoms with Gasteiger partial charge in [0.1, 0.15) is 11.5 Å². The Morgan fingerprint density at radius 3 is 2.72 bits per heavy atom. The number of para-hydroxylation sites is 1. The number of nitrogens with zero attached hydrogens (tertiary/aromatic N) is 1. The third-order valence-electron chi connectivity index (χ3n) is 2.45. The first-order valence-electron chi connectivity index (χ1n) is 5.38. The molecule has 0 radical (unpaired) electrons. The van der Waals surface area contributed by atoms with Gasteiger partial charge in [-0.2, -0.15) is 5.26 Å². The van der Waals surface area contributed by atoms with E-state index in [9.17, 15) is 0 Å². The number of benzene rings is 2. The van der Waals surface area contributed by atoms with Crippen LogP contribution >= 0.6 is 11.6 Å². The van der Waals surface area contributed by atoms with Crippen molar-refractivity contribution in [2.75, 3.05) is 5.73 Å². The largest absolute Gasteiger partial charge is 0.456 e. The molecule has 2 aromatic rings. The molecule has 0 spiro atoms. The van der Waals surface area contributed by atoms with E-state index < -0.39 is 0 Å². The molecule has 18 heavy (non-hydrogen) atoms. The summed E-state index contributed by atoms with van der Waals surface area (Å²) in [6.07, 6.45) is 0.256. The average Bonchev–Trinajstić information content (AvgIpc) is 2.36. The van der Waals surface area contributed by atoms with Gasteiger partial charge in [0.05, 0.1) is 17.5 Å². The maximum Gasteiger partial charge on any atom is 0.146 e. The molecule has 0 atom stereocenters. The van der Waals surface area contributed by atoms with Gasteiger partial charge >= 0.3 is 0 Å². The lowest BCUT2D eigenvalue weighted by molar-refractivity contribution is 0.482. The number of nitriles is 1. The Labute approximate surface area is 110 Å². The highest BCUT2D eigenvalue weighted by Crippen LogP contribution is 2.30. The molecule has 0 fully saturated rings. The summed E-state index contributed by atoms with van der Waals surface area (Å²) < 4.78 is 5.65. The Balaban J connectivity index is 2.28. The van der Waals surface area contributed by atoms with Crippen molar-refractivity contribution in [1.29, 1.82) is 5.26 Å². The van der Waals surface area contributed by atoms with Gasteiger partial charge in [-0.05, 0) is 35.9 Å². The molecule has 3 nitrogen and oxygen atoms in total. The SMILES string of the molecule is N#CCc1cc(Oc2ccccc2Cl)ccc1N. The summed E-state index contributed by atoms with van der Waals surface area (Å²) in [5.74, 6) is 1.19. The van der Waals surface area contributed by atoms with Crippen molar-refractivity contribution in [2.45, 2.75) is 6.42 Å². The van der Waals surface area contributed by atoms with Gasteiger partial charge in [0.25, 0.3) is 0 Å². The predicted molar refractivity (Wildman–Crippen MR) is 71.7 cm³/mol. The summed E-state index contributed by atoms with van der Waals surface area (Å²) >= 11 is 6.00. The van der Waals surface area contributed by atoms with Crippen LogP contribution in [0.2, 0.25) is 5.02 Å². The molecule has 0 aliphatic carbocycles. The first-order valence-corrected chi connectivity index (χ1v) is 5.76. The molecule has 0 aromatic heterocycles. The van der Waals surface area contributed by atoms with E-state index in [1.54, 1.807) is 30.3 Å². The van der Waals surface area contributed by atoms with E-state index in [0.717, 1.165) is 5.56 Å².